The maximum Gasteiger partial charge on any atom is 0.198 e. The van der Waals surface area contributed by atoms with Crippen LogP contribution < -0.4 is 0 Å². The Morgan fingerprint density at radius 1 is 1.05 bits per heavy atom. The van der Waals surface area contributed by atoms with Crippen LogP contribution in [0.1, 0.15) is 9.67 Å². The summed E-state index contributed by atoms with van der Waals surface area (Å²) in [5.74, 6) is -0.0650. The van der Waals surface area contributed by atoms with Crippen LogP contribution in [0.5, 0.6) is 0 Å². The zero-order valence-corrected chi connectivity index (χ0v) is 13.0. The van der Waals surface area contributed by atoms with Gasteiger partial charge in [0.05, 0.1) is 48.9 Å². The first-order valence-electron chi connectivity index (χ1n) is 6.24. The molecule has 20 heavy (non-hydrogen) atoms. The minimum absolute atomic E-state index is 0.0462. The van der Waals surface area contributed by atoms with Gasteiger partial charge < -0.3 is 18.9 Å². The molecule has 0 bridgehead atoms. The highest BCUT2D eigenvalue weighted by molar-refractivity contribution is 7.18. The number of methoxy groups -OCH3 is 1. The van der Waals surface area contributed by atoms with E-state index < -0.39 is 0 Å². The van der Waals surface area contributed by atoms with Gasteiger partial charge in [0, 0.05) is 7.11 Å². The molecule has 7 heteroatoms. The van der Waals surface area contributed by atoms with E-state index in [1.165, 1.54) is 11.3 Å². The van der Waals surface area contributed by atoms with Crippen molar-refractivity contribution in [3.8, 4) is 0 Å². The van der Waals surface area contributed by atoms with Gasteiger partial charge in [0.25, 0.3) is 0 Å². The lowest BCUT2D eigenvalue weighted by Gasteiger charge is -2.06. The molecule has 0 aliphatic heterocycles. The lowest BCUT2D eigenvalue weighted by molar-refractivity contribution is 0.00496. The van der Waals surface area contributed by atoms with Crippen LogP contribution in [0, 0.1) is 0 Å². The van der Waals surface area contributed by atoms with Gasteiger partial charge >= 0.3 is 0 Å². The zero-order chi connectivity index (χ0) is 14.6. The van der Waals surface area contributed by atoms with Crippen molar-refractivity contribution in [3.05, 3.63) is 21.3 Å². The van der Waals surface area contributed by atoms with E-state index in [2.05, 4.69) is 0 Å². The SMILES string of the molecule is COCCOCCOCCOCC(=O)c1ccc(Cl)s1. The number of halogens is 1. The quantitative estimate of drug-likeness (QED) is 0.436. The predicted octanol–water partition coefficient (Wildman–Crippen LogP) is 2.28. The standard InChI is InChI=1S/C13H19ClO5S/c1-16-4-5-17-6-7-18-8-9-19-10-11(15)12-2-3-13(14)20-12/h2-3H,4-10H2,1H3. The van der Waals surface area contributed by atoms with Gasteiger partial charge in [-0.1, -0.05) is 11.6 Å². The Bertz CT molecular complexity index is 383. The van der Waals surface area contributed by atoms with Crippen LogP contribution in [0.3, 0.4) is 0 Å². The molecule has 1 aromatic rings. The number of hydrogen-bond acceptors (Lipinski definition) is 6. The fourth-order valence-corrected chi connectivity index (χ4v) is 2.25. The van der Waals surface area contributed by atoms with E-state index in [1.807, 2.05) is 0 Å². The van der Waals surface area contributed by atoms with Gasteiger partial charge in [-0.2, -0.15) is 0 Å². The third-order valence-corrected chi connectivity index (χ3v) is 3.53. The average molecular weight is 323 g/mol. The van der Waals surface area contributed by atoms with E-state index in [4.69, 9.17) is 30.5 Å². The van der Waals surface area contributed by atoms with E-state index in [9.17, 15) is 4.79 Å². The molecule has 0 saturated carbocycles. The van der Waals surface area contributed by atoms with Crippen molar-refractivity contribution in [2.24, 2.45) is 0 Å². The third kappa shape index (κ3) is 7.94. The minimum atomic E-state index is -0.0650. The van der Waals surface area contributed by atoms with Crippen LogP contribution >= 0.6 is 22.9 Å². The molecule has 0 aliphatic carbocycles. The van der Waals surface area contributed by atoms with Crippen molar-refractivity contribution in [3.63, 3.8) is 0 Å². The molecular formula is C13H19ClO5S. The smallest absolute Gasteiger partial charge is 0.198 e. The maximum absolute atomic E-state index is 11.6. The molecule has 0 atom stereocenters. The number of ketones is 1. The third-order valence-electron chi connectivity index (χ3n) is 2.26. The number of hydrogen-bond donors (Lipinski definition) is 0. The van der Waals surface area contributed by atoms with Crippen LogP contribution in [-0.2, 0) is 18.9 Å². The first-order valence-corrected chi connectivity index (χ1v) is 7.44. The summed E-state index contributed by atoms with van der Waals surface area (Å²) in [6.45, 7) is 3.03. The van der Waals surface area contributed by atoms with Crippen LogP contribution in [0.15, 0.2) is 12.1 Å². The summed E-state index contributed by atoms with van der Waals surface area (Å²) in [6, 6.07) is 3.40. The monoisotopic (exact) mass is 322 g/mol. The molecule has 114 valence electrons. The lowest BCUT2D eigenvalue weighted by atomic mass is 10.3. The summed E-state index contributed by atoms with van der Waals surface area (Å²) in [4.78, 5) is 12.3. The van der Waals surface area contributed by atoms with Crippen LogP contribution in [0.25, 0.3) is 0 Å². The minimum Gasteiger partial charge on any atom is -0.382 e. The summed E-state index contributed by atoms with van der Waals surface area (Å²) in [7, 11) is 1.63. The Morgan fingerprint density at radius 3 is 2.20 bits per heavy atom. The van der Waals surface area contributed by atoms with Crippen molar-refractivity contribution in [2.75, 3.05) is 53.4 Å². The number of Topliss-reactive ketones (excluding diaryl/α,β-unsaturated/α-hetero) is 1. The summed E-state index contributed by atoms with van der Waals surface area (Å²) in [6.07, 6.45) is 0. The number of thiophene rings is 1. The van der Waals surface area contributed by atoms with E-state index in [0.29, 0.717) is 48.9 Å². The Balaban J connectivity index is 1.91. The van der Waals surface area contributed by atoms with E-state index in [1.54, 1.807) is 19.2 Å². The highest BCUT2D eigenvalue weighted by Gasteiger charge is 2.08. The Labute approximate surface area is 127 Å². The van der Waals surface area contributed by atoms with Crippen LogP contribution in [0.2, 0.25) is 4.34 Å². The molecule has 5 nitrogen and oxygen atoms in total. The Morgan fingerprint density at radius 2 is 1.65 bits per heavy atom. The molecule has 0 saturated heterocycles. The summed E-state index contributed by atoms with van der Waals surface area (Å²) in [5.41, 5.74) is 0. The van der Waals surface area contributed by atoms with E-state index in [-0.39, 0.29) is 12.4 Å². The number of carbonyl (C=O) groups is 1. The first-order chi connectivity index (χ1) is 9.74. The Kier molecular flexibility index (Phi) is 9.82. The molecule has 0 N–H and O–H groups in total. The van der Waals surface area contributed by atoms with Gasteiger partial charge in [-0.15, -0.1) is 11.3 Å². The van der Waals surface area contributed by atoms with Gasteiger partial charge in [0.1, 0.15) is 6.61 Å². The average Bonchev–Trinajstić information content (AvgIpc) is 2.87. The molecule has 0 fully saturated rings. The van der Waals surface area contributed by atoms with Crippen molar-refractivity contribution in [1.29, 1.82) is 0 Å². The van der Waals surface area contributed by atoms with E-state index >= 15 is 0 Å². The van der Waals surface area contributed by atoms with Crippen molar-refractivity contribution in [1.82, 2.24) is 0 Å². The second kappa shape index (κ2) is 11.2. The van der Waals surface area contributed by atoms with Gasteiger partial charge in [-0.3, -0.25) is 4.79 Å². The molecule has 0 spiro atoms. The summed E-state index contributed by atoms with van der Waals surface area (Å²) < 4.78 is 21.2. The number of rotatable bonds is 12. The van der Waals surface area contributed by atoms with E-state index in [0.717, 1.165) is 0 Å². The topological polar surface area (TPSA) is 54.0 Å². The fraction of sp³-hybridized carbons (Fsp3) is 0.615. The Hall–Kier alpha value is -0.500. The van der Waals surface area contributed by atoms with Crippen LogP contribution in [-0.4, -0.2) is 59.1 Å². The second-order valence-electron chi connectivity index (χ2n) is 3.80. The molecule has 1 heterocycles. The molecule has 1 aromatic heterocycles. The van der Waals surface area contributed by atoms with Gasteiger partial charge in [-0.05, 0) is 12.1 Å². The van der Waals surface area contributed by atoms with Gasteiger partial charge in [0.2, 0.25) is 0 Å². The summed E-state index contributed by atoms with van der Waals surface area (Å²) >= 11 is 7.01. The van der Waals surface area contributed by atoms with Crippen LogP contribution in [0.4, 0.5) is 0 Å². The first kappa shape index (κ1) is 17.6. The molecular weight excluding hydrogens is 304 g/mol. The predicted molar refractivity (Wildman–Crippen MR) is 78.0 cm³/mol. The molecule has 0 radical (unpaired) electrons. The zero-order valence-electron chi connectivity index (χ0n) is 11.4. The summed E-state index contributed by atoms with van der Waals surface area (Å²) in [5, 5.41) is 0. The molecule has 1 rings (SSSR count). The van der Waals surface area contributed by atoms with Crippen molar-refractivity contribution >= 4 is 28.7 Å². The fourth-order valence-electron chi connectivity index (χ4n) is 1.28. The van der Waals surface area contributed by atoms with Crippen molar-refractivity contribution < 1.29 is 23.7 Å². The van der Waals surface area contributed by atoms with Gasteiger partial charge in [-0.25, -0.2) is 0 Å². The van der Waals surface area contributed by atoms with Crippen molar-refractivity contribution in [2.45, 2.75) is 0 Å². The molecule has 0 aliphatic rings. The molecule has 0 unspecified atom stereocenters. The largest absolute Gasteiger partial charge is 0.382 e. The highest BCUT2D eigenvalue weighted by Crippen LogP contribution is 2.21. The number of ether oxygens (including phenoxy) is 4. The van der Waals surface area contributed by atoms with Gasteiger partial charge in [0.15, 0.2) is 5.78 Å². The molecule has 0 amide bonds. The second-order valence-corrected chi connectivity index (χ2v) is 5.51. The normalized spacial score (nSPS) is 10.9. The number of carbonyl (C=O) groups excluding carboxylic acids is 1. The lowest BCUT2D eigenvalue weighted by Crippen LogP contribution is -2.14. The highest BCUT2D eigenvalue weighted by atomic mass is 35.5. The maximum atomic E-state index is 11.6. The molecule has 0 aromatic carbocycles.